The summed E-state index contributed by atoms with van der Waals surface area (Å²) in [4.78, 5) is 23.1. The third-order valence-electron chi connectivity index (χ3n) is 2.26. The molecule has 1 heterocycles. The molecule has 0 aliphatic heterocycles. The number of hydrogen-bond acceptors (Lipinski definition) is 4. The summed E-state index contributed by atoms with van der Waals surface area (Å²) in [6, 6.07) is 0. The standard InChI is InChI=1S/C10H15N3O3/c1-5(14)4-11-9(15)8-6(2)7(3)12-13-10(8)16/h5,14H,4H2,1-3H3,(H,11,15)(H,13,16)/t5-/m0/s1. The number of hydrogen-bond donors (Lipinski definition) is 3. The molecule has 0 spiro atoms. The predicted octanol–water partition coefficient (Wildman–Crippen LogP) is -0.503. The molecule has 1 atom stereocenters. The van der Waals surface area contributed by atoms with E-state index in [2.05, 4.69) is 15.5 Å². The Kier molecular flexibility index (Phi) is 3.78. The van der Waals surface area contributed by atoms with Gasteiger partial charge in [-0.1, -0.05) is 0 Å². The lowest BCUT2D eigenvalue weighted by Crippen LogP contribution is -2.35. The molecule has 1 aromatic heterocycles. The molecule has 1 amide bonds. The minimum atomic E-state index is -0.647. The first-order valence-corrected chi connectivity index (χ1v) is 4.95. The van der Waals surface area contributed by atoms with E-state index in [1.807, 2.05) is 0 Å². The summed E-state index contributed by atoms with van der Waals surface area (Å²) in [5.74, 6) is -0.495. The van der Waals surface area contributed by atoms with Gasteiger partial charge in [-0.25, -0.2) is 5.10 Å². The number of nitrogens with one attached hydrogen (secondary N) is 2. The summed E-state index contributed by atoms with van der Waals surface area (Å²) < 4.78 is 0. The van der Waals surface area contributed by atoms with Gasteiger partial charge in [0.2, 0.25) is 0 Å². The Bertz CT molecular complexity index is 451. The summed E-state index contributed by atoms with van der Waals surface area (Å²) in [7, 11) is 0. The van der Waals surface area contributed by atoms with Crippen LogP contribution in [0.1, 0.15) is 28.5 Å². The van der Waals surface area contributed by atoms with Crippen molar-refractivity contribution in [2.45, 2.75) is 26.9 Å². The summed E-state index contributed by atoms with van der Waals surface area (Å²) in [5.41, 5.74) is 0.674. The van der Waals surface area contributed by atoms with E-state index >= 15 is 0 Å². The molecule has 0 aliphatic carbocycles. The number of nitrogens with zero attached hydrogens (tertiary/aromatic N) is 1. The molecule has 0 unspecified atom stereocenters. The molecule has 6 nitrogen and oxygen atoms in total. The van der Waals surface area contributed by atoms with Crippen LogP contribution in [0.4, 0.5) is 0 Å². The summed E-state index contributed by atoms with van der Waals surface area (Å²) in [6.45, 7) is 5.03. The van der Waals surface area contributed by atoms with Gasteiger partial charge in [0.1, 0.15) is 5.56 Å². The number of aryl methyl sites for hydroxylation is 1. The summed E-state index contributed by atoms with van der Waals surface area (Å²) >= 11 is 0. The number of aliphatic hydroxyl groups is 1. The van der Waals surface area contributed by atoms with Crippen molar-refractivity contribution in [3.8, 4) is 0 Å². The Morgan fingerprint density at radius 1 is 1.56 bits per heavy atom. The lowest BCUT2D eigenvalue weighted by atomic mass is 10.1. The van der Waals surface area contributed by atoms with Gasteiger partial charge >= 0.3 is 0 Å². The zero-order chi connectivity index (χ0) is 12.3. The van der Waals surface area contributed by atoms with E-state index in [1.54, 1.807) is 20.8 Å². The fourth-order valence-electron chi connectivity index (χ4n) is 1.23. The predicted molar refractivity (Wildman–Crippen MR) is 58.3 cm³/mol. The topological polar surface area (TPSA) is 95.1 Å². The average Bonchev–Trinajstić information content (AvgIpc) is 2.21. The first-order chi connectivity index (χ1) is 7.43. The number of H-pyrrole nitrogens is 1. The van der Waals surface area contributed by atoms with Crippen LogP contribution < -0.4 is 10.9 Å². The van der Waals surface area contributed by atoms with Gasteiger partial charge in [-0.2, -0.15) is 5.10 Å². The van der Waals surface area contributed by atoms with Gasteiger partial charge in [0.25, 0.3) is 11.5 Å². The highest BCUT2D eigenvalue weighted by atomic mass is 16.3. The SMILES string of the molecule is Cc1n[nH]c(=O)c(C(=O)NC[C@H](C)O)c1C. The highest BCUT2D eigenvalue weighted by Crippen LogP contribution is 2.04. The third kappa shape index (κ3) is 2.66. The van der Waals surface area contributed by atoms with Gasteiger partial charge in [-0.15, -0.1) is 0 Å². The summed E-state index contributed by atoms with van der Waals surface area (Å²) in [6.07, 6.45) is -0.647. The van der Waals surface area contributed by atoms with Crippen molar-refractivity contribution >= 4 is 5.91 Å². The Morgan fingerprint density at radius 2 is 2.19 bits per heavy atom. The van der Waals surface area contributed by atoms with Crippen molar-refractivity contribution < 1.29 is 9.90 Å². The van der Waals surface area contributed by atoms with Gasteiger partial charge in [-0.3, -0.25) is 9.59 Å². The van der Waals surface area contributed by atoms with E-state index in [-0.39, 0.29) is 12.1 Å². The maximum atomic E-state index is 11.7. The van der Waals surface area contributed by atoms with Crippen LogP contribution in [0.25, 0.3) is 0 Å². The Morgan fingerprint density at radius 3 is 2.75 bits per heavy atom. The van der Waals surface area contributed by atoms with Crippen molar-refractivity contribution in [3.05, 3.63) is 27.2 Å². The van der Waals surface area contributed by atoms with Crippen LogP contribution in [-0.2, 0) is 0 Å². The van der Waals surface area contributed by atoms with Crippen molar-refractivity contribution in [2.75, 3.05) is 6.54 Å². The number of amides is 1. The van der Waals surface area contributed by atoms with Crippen LogP contribution in [0.5, 0.6) is 0 Å². The van der Waals surface area contributed by atoms with Gasteiger partial charge in [-0.05, 0) is 26.3 Å². The largest absolute Gasteiger partial charge is 0.392 e. The van der Waals surface area contributed by atoms with Crippen LogP contribution in [-0.4, -0.2) is 33.9 Å². The lowest BCUT2D eigenvalue weighted by Gasteiger charge is -2.09. The highest BCUT2D eigenvalue weighted by Gasteiger charge is 2.15. The number of aliphatic hydroxyl groups excluding tert-OH is 1. The molecular formula is C10H15N3O3. The summed E-state index contributed by atoms with van der Waals surface area (Å²) in [5, 5.41) is 17.5. The van der Waals surface area contributed by atoms with Gasteiger partial charge < -0.3 is 10.4 Å². The van der Waals surface area contributed by atoms with Gasteiger partial charge in [0.05, 0.1) is 11.8 Å². The molecular weight excluding hydrogens is 210 g/mol. The Balaban J connectivity index is 3.00. The number of carbonyl (C=O) groups excluding carboxylic acids is 1. The van der Waals surface area contributed by atoms with Crippen LogP contribution in [0.3, 0.4) is 0 Å². The smallest absolute Gasteiger partial charge is 0.277 e. The molecule has 0 bridgehead atoms. The van der Waals surface area contributed by atoms with Crippen LogP contribution in [0.2, 0.25) is 0 Å². The molecule has 16 heavy (non-hydrogen) atoms. The third-order valence-corrected chi connectivity index (χ3v) is 2.26. The maximum Gasteiger partial charge on any atom is 0.277 e. The minimum absolute atomic E-state index is 0.0492. The first-order valence-electron chi connectivity index (χ1n) is 4.95. The number of rotatable bonds is 3. The molecule has 0 saturated heterocycles. The quantitative estimate of drug-likeness (QED) is 0.646. The average molecular weight is 225 g/mol. The van der Waals surface area contributed by atoms with Crippen molar-refractivity contribution in [2.24, 2.45) is 0 Å². The van der Waals surface area contributed by atoms with E-state index in [0.717, 1.165) is 0 Å². The second-order valence-electron chi connectivity index (χ2n) is 3.70. The van der Waals surface area contributed by atoms with Gasteiger partial charge in [0, 0.05) is 6.54 Å². The number of carbonyl (C=O) groups is 1. The Labute approximate surface area is 92.7 Å². The van der Waals surface area contributed by atoms with Crippen LogP contribution in [0.15, 0.2) is 4.79 Å². The van der Waals surface area contributed by atoms with Crippen molar-refractivity contribution in [3.63, 3.8) is 0 Å². The Hall–Kier alpha value is -1.69. The van der Waals surface area contributed by atoms with E-state index in [9.17, 15) is 9.59 Å². The van der Waals surface area contributed by atoms with E-state index in [0.29, 0.717) is 11.3 Å². The second kappa shape index (κ2) is 4.89. The van der Waals surface area contributed by atoms with E-state index in [1.165, 1.54) is 0 Å². The fraction of sp³-hybridized carbons (Fsp3) is 0.500. The minimum Gasteiger partial charge on any atom is -0.392 e. The van der Waals surface area contributed by atoms with E-state index in [4.69, 9.17) is 5.11 Å². The molecule has 0 radical (unpaired) electrons. The fourth-order valence-corrected chi connectivity index (χ4v) is 1.23. The molecule has 6 heteroatoms. The van der Waals surface area contributed by atoms with Crippen LogP contribution in [0, 0.1) is 13.8 Å². The molecule has 88 valence electrons. The monoisotopic (exact) mass is 225 g/mol. The van der Waals surface area contributed by atoms with E-state index < -0.39 is 17.6 Å². The van der Waals surface area contributed by atoms with Gasteiger partial charge in [0.15, 0.2) is 0 Å². The molecule has 1 rings (SSSR count). The van der Waals surface area contributed by atoms with Crippen molar-refractivity contribution in [1.29, 1.82) is 0 Å². The molecule has 1 aromatic rings. The number of aromatic amines is 1. The highest BCUT2D eigenvalue weighted by molar-refractivity contribution is 5.95. The lowest BCUT2D eigenvalue weighted by molar-refractivity contribution is 0.0921. The zero-order valence-corrected chi connectivity index (χ0v) is 9.50. The van der Waals surface area contributed by atoms with Crippen molar-refractivity contribution in [1.82, 2.24) is 15.5 Å². The molecule has 3 N–H and O–H groups in total. The second-order valence-corrected chi connectivity index (χ2v) is 3.70. The normalized spacial score (nSPS) is 12.2. The maximum absolute atomic E-state index is 11.7. The molecule has 0 saturated carbocycles. The molecule has 0 aromatic carbocycles. The molecule has 0 aliphatic rings. The van der Waals surface area contributed by atoms with Crippen LogP contribution >= 0.6 is 0 Å². The first kappa shape index (κ1) is 12.4. The molecule has 0 fully saturated rings. The zero-order valence-electron chi connectivity index (χ0n) is 9.50. The number of aromatic nitrogens is 2.